The van der Waals surface area contributed by atoms with Gasteiger partial charge in [0, 0.05) is 31.3 Å². The summed E-state index contributed by atoms with van der Waals surface area (Å²) in [4.78, 5) is 29.5. The fourth-order valence-electron chi connectivity index (χ4n) is 3.19. The minimum absolute atomic E-state index is 0.00502. The second kappa shape index (κ2) is 9.28. The first-order valence-electron chi connectivity index (χ1n) is 9.38. The Morgan fingerprint density at radius 3 is 2.48 bits per heavy atom. The molecule has 0 bridgehead atoms. The molecule has 0 unspecified atom stereocenters. The number of rotatable bonds is 7. The highest BCUT2D eigenvalue weighted by Crippen LogP contribution is 2.39. The fourth-order valence-corrected chi connectivity index (χ4v) is 4.13. The van der Waals surface area contributed by atoms with E-state index in [1.165, 1.54) is 10.3 Å². The van der Waals surface area contributed by atoms with Crippen molar-refractivity contribution in [3.63, 3.8) is 0 Å². The Kier molecular flexibility index (Phi) is 6.92. The van der Waals surface area contributed by atoms with Crippen LogP contribution in [0.3, 0.4) is 0 Å². The van der Waals surface area contributed by atoms with Crippen LogP contribution in [0.15, 0.2) is 11.4 Å². The lowest BCUT2D eigenvalue weighted by Gasteiger charge is -2.35. The van der Waals surface area contributed by atoms with E-state index in [0.717, 1.165) is 11.3 Å². The topological polar surface area (TPSA) is 77.3 Å². The second-order valence-corrected chi connectivity index (χ2v) is 7.72. The summed E-state index contributed by atoms with van der Waals surface area (Å²) in [5.74, 6) is -1.29. The summed E-state index contributed by atoms with van der Waals surface area (Å²) in [5, 5.41) is 4.88. The number of esters is 1. The molecule has 31 heavy (non-hydrogen) atoms. The normalized spacial score (nSPS) is 16.2. The van der Waals surface area contributed by atoms with E-state index in [2.05, 4.69) is 10.1 Å². The number of aromatic nitrogens is 3. The van der Waals surface area contributed by atoms with Crippen LogP contribution in [0.2, 0.25) is 0 Å². The third-order valence-electron chi connectivity index (χ3n) is 4.84. The van der Waals surface area contributed by atoms with E-state index < -0.39 is 48.3 Å². The number of carbonyl (C=O) groups excluding carboxylic acids is 2. The van der Waals surface area contributed by atoms with Crippen LogP contribution in [0.25, 0.3) is 0 Å². The molecule has 170 valence electrons. The largest absolute Gasteiger partial charge is 0.461 e. The van der Waals surface area contributed by atoms with E-state index in [4.69, 9.17) is 4.74 Å². The number of hydrogen-bond donors (Lipinski definition) is 0. The van der Waals surface area contributed by atoms with E-state index in [1.54, 1.807) is 6.92 Å². The molecule has 0 saturated carbocycles. The minimum Gasteiger partial charge on any atom is -0.461 e. The monoisotopic (exact) mass is 466 g/mol. The van der Waals surface area contributed by atoms with Gasteiger partial charge in [-0.25, -0.2) is 31.7 Å². The first-order valence-corrected chi connectivity index (χ1v) is 10.3. The van der Waals surface area contributed by atoms with Crippen molar-refractivity contribution in [3.05, 3.63) is 33.5 Å². The number of nitrogens with zero attached hydrogens (tertiary/aromatic N) is 4. The maximum Gasteiger partial charge on any atom is 0.357 e. The van der Waals surface area contributed by atoms with Crippen molar-refractivity contribution in [1.29, 1.82) is 0 Å². The van der Waals surface area contributed by atoms with Crippen molar-refractivity contribution in [3.8, 4) is 0 Å². The zero-order valence-electron chi connectivity index (χ0n) is 16.4. The van der Waals surface area contributed by atoms with E-state index in [1.807, 2.05) is 0 Å². The predicted octanol–water partition coefficient (Wildman–Crippen LogP) is 3.88. The molecule has 13 heteroatoms. The molecule has 1 saturated heterocycles. The van der Waals surface area contributed by atoms with Crippen molar-refractivity contribution < 1.29 is 36.3 Å². The van der Waals surface area contributed by atoms with Gasteiger partial charge in [0.25, 0.3) is 12.9 Å². The molecule has 1 aliphatic rings. The highest BCUT2D eigenvalue weighted by Gasteiger charge is 2.40. The number of amides is 1. The number of halogens is 5. The highest BCUT2D eigenvalue weighted by molar-refractivity contribution is 7.10. The van der Waals surface area contributed by atoms with Gasteiger partial charge in [-0.3, -0.25) is 9.48 Å². The van der Waals surface area contributed by atoms with Gasteiger partial charge in [-0.15, -0.1) is 11.3 Å². The van der Waals surface area contributed by atoms with Crippen molar-refractivity contribution in [2.45, 2.75) is 44.8 Å². The number of alkyl halides is 5. The van der Waals surface area contributed by atoms with Gasteiger partial charge in [-0.2, -0.15) is 5.10 Å². The standard InChI is InChI=1S/C18H19F5N4O3S/c1-2-30-16(29)11-9-31-17(24-11)18(23)3-5-26(6-4-18)13(28)8-27-12(15(21)22)7-10(25-27)14(19)20/h7,9,14-15H,2-6,8H2,1H3. The summed E-state index contributed by atoms with van der Waals surface area (Å²) in [6, 6.07) is 0.564. The molecule has 0 atom stereocenters. The SMILES string of the molecule is CCOC(=O)c1csc(C2(F)CCN(C(=O)Cn3nc(C(F)F)cc3C(F)F)CC2)n1. The van der Waals surface area contributed by atoms with Crippen LogP contribution < -0.4 is 0 Å². The third kappa shape index (κ3) is 5.02. The lowest BCUT2D eigenvalue weighted by molar-refractivity contribution is -0.135. The molecule has 3 rings (SSSR count). The van der Waals surface area contributed by atoms with Crippen molar-refractivity contribution in [2.75, 3.05) is 19.7 Å². The summed E-state index contributed by atoms with van der Waals surface area (Å²) in [5.41, 5.74) is -3.47. The molecule has 1 fully saturated rings. The molecule has 0 N–H and O–H groups in total. The maximum atomic E-state index is 15.4. The Balaban J connectivity index is 1.64. The summed E-state index contributed by atoms with van der Waals surface area (Å²) < 4.78 is 72.4. The molecule has 1 aliphatic heterocycles. The smallest absolute Gasteiger partial charge is 0.357 e. The molecule has 2 aromatic rings. The number of likely N-dealkylation sites (tertiary alicyclic amines) is 1. The Bertz CT molecular complexity index is 941. The number of thiazole rings is 1. The maximum absolute atomic E-state index is 15.4. The molecule has 0 aromatic carbocycles. The molecule has 7 nitrogen and oxygen atoms in total. The summed E-state index contributed by atoms with van der Waals surface area (Å²) >= 11 is 0.973. The number of carbonyl (C=O) groups is 2. The van der Waals surface area contributed by atoms with Crippen LogP contribution in [0.5, 0.6) is 0 Å². The van der Waals surface area contributed by atoms with Crippen molar-refractivity contribution in [2.24, 2.45) is 0 Å². The van der Waals surface area contributed by atoms with Gasteiger partial charge in [0.1, 0.15) is 22.9 Å². The van der Waals surface area contributed by atoms with Crippen LogP contribution in [-0.2, 0) is 21.7 Å². The van der Waals surface area contributed by atoms with Crippen LogP contribution >= 0.6 is 11.3 Å². The molecule has 1 amide bonds. The van der Waals surface area contributed by atoms with Gasteiger partial charge < -0.3 is 9.64 Å². The minimum atomic E-state index is -3.08. The van der Waals surface area contributed by atoms with Gasteiger partial charge in [0.2, 0.25) is 5.91 Å². The van der Waals surface area contributed by atoms with Crippen molar-refractivity contribution >= 4 is 23.2 Å². The zero-order chi connectivity index (χ0) is 22.8. The predicted molar refractivity (Wildman–Crippen MR) is 98.8 cm³/mol. The van der Waals surface area contributed by atoms with Gasteiger partial charge in [-0.1, -0.05) is 0 Å². The Hall–Kier alpha value is -2.57. The average Bonchev–Trinajstić information content (AvgIpc) is 3.37. The summed E-state index contributed by atoms with van der Waals surface area (Å²) in [6.45, 7) is 1.07. The van der Waals surface area contributed by atoms with Gasteiger partial charge in [0.05, 0.1) is 6.61 Å². The number of piperidine rings is 1. The van der Waals surface area contributed by atoms with E-state index in [0.29, 0.717) is 10.7 Å². The highest BCUT2D eigenvalue weighted by atomic mass is 32.1. The molecule has 3 heterocycles. The first-order chi connectivity index (χ1) is 14.6. The Morgan fingerprint density at radius 1 is 1.23 bits per heavy atom. The molecule has 0 spiro atoms. The van der Waals surface area contributed by atoms with Gasteiger partial charge in [-0.05, 0) is 13.0 Å². The lowest BCUT2D eigenvalue weighted by Crippen LogP contribution is -2.44. The lowest BCUT2D eigenvalue weighted by atomic mass is 9.94. The summed E-state index contributed by atoms with van der Waals surface area (Å²) in [6.07, 6.45) is -6.35. The molecule has 0 radical (unpaired) electrons. The van der Waals surface area contributed by atoms with Crippen LogP contribution in [0.4, 0.5) is 22.0 Å². The van der Waals surface area contributed by atoms with E-state index in [-0.39, 0.29) is 43.2 Å². The van der Waals surface area contributed by atoms with E-state index in [9.17, 15) is 27.2 Å². The zero-order valence-corrected chi connectivity index (χ0v) is 17.2. The average molecular weight is 466 g/mol. The Labute approximate surface area is 177 Å². The Morgan fingerprint density at radius 2 is 1.90 bits per heavy atom. The van der Waals surface area contributed by atoms with Crippen LogP contribution in [-0.4, -0.2) is 51.2 Å². The van der Waals surface area contributed by atoms with Crippen LogP contribution in [0, 0.1) is 0 Å². The van der Waals surface area contributed by atoms with Crippen molar-refractivity contribution in [1.82, 2.24) is 19.7 Å². The second-order valence-electron chi connectivity index (χ2n) is 6.86. The van der Waals surface area contributed by atoms with E-state index >= 15 is 4.39 Å². The quantitative estimate of drug-likeness (QED) is 0.457. The van der Waals surface area contributed by atoms with Gasteiger partial charge >= 0.3 is 5.97 Å². The molecule has 2 aromatic heterocycles. The van der Waals surface area contributed by atoms with Gasteiger partial charge in [0.15, 0.2) is 11.4 Å². The molecular formula is C18H19F5N4O3S. The third-order valence-corrected chi connectivity index (χ3v) is 5.86. The molecular weight excluding hydrogens is 447 g/mol. The number of ether oxygens (including phenoxy) is 1. The first kappa shape index (κ1) is 23.1. The number of hydrogen-bond acceptors (Lipinski definition) is 6. The summed E-state index contributed by atoms with van der Waals surface area (Å²) in [7, 11) is 0. The van der Waals surface area contributed by atoms with Crippen LogP contribution in [0.1, 0.15) is 59.5 Å². The fraction of sp³-hybridized carbons (Fsp3) is 0.556. The molecule has 0 aliphatic carbocycles.